The summed E-state index contributed by atoms with van der Waals surface area (Å²) in [5.74, 6) is 2.33. The van der Waals surface area contributed by atoms with E-state index < -0.39 is 0 Å². The van der Waals surface area contributed by atoms with Gasteiger partial charge in [0.25, 0.3) is 0 Å². The van der Waals surface area contributed by atoms with Gasteiger partial charge in [0.1, 0.15) is 11.5 Å². The number of benzene rings is 2. The second kappa shape index (κ2) is 6.95. The smallest absolute Gasteiger partial charge is 0.127 e. The van der Waals surface area contributed by atoms with Crippen molar-refractivity contribution in [3.8, 4) is 11.5 Å². The lowest BCUT2D eigenvalue weighted by atomic mass is 10.0. The molecule has 0 saturated heterocycles. The van der Waals surface area contributed by atoms with Crippen molar-refractivity contribution in [1.82, 2.24) is 0 Å². The van der Waals surface area contributed by atoms with Gasteiger partial charge >= 0.3 is 0 Å². The zero-order valence-electron chi connectivity index (χ0n) is 11.4. The summed E-state index contributed by atoms with van der Waals surface area (Å²) in [5.41, 5.74) is 6.96. The van der Waals surface area contributed by atoms with E-state index >= 15 is 0 Å². The lowest BCUT2D eigenvalue weighted by Gasteiger charge is -2.09. The van der Waals surface area contributed by atoms with Gasteiger partial charge in [-0.3, -0.25) is 0 Å². The summed E-state index contributed by atoms with van der Waals surface area (Å²) in [6.45, 7) is 2.95. The fourth-order valence-electron chi connectivity index (χ4n) is 1.88. The molecule has 0 bridgehead atoms. The first kappa shape index (κ1) is 13.6. The second-order valence-corrected chi connectivity index (χ2v) is 4.94. The second-order valence-electron chi connectivity index (χ2n) is 4.94. The molecule has 0 radical (unpaired) electrons. The molecule has 2 aromatic carbocycles. The third kappa shape index (κ3) is 4.42. The summed E-state index contributed by atoms with van der Waals surface area (Å²) in [4.78, 5) is 0. The van der Waals surface area contributed by atoms with Crippen LogP contribution in [-0.4, -0.2) is 6.54 Å². The highest BCUT2D eigenvalue weighted by molar-refractivity contribution is 5.32. The zero-order chi connectivity index (χ0) is 13.5. The molecule has 1 unspecified atom stereocenters. The van der Waals surface area contributed by atoms with Crippen LogP contribution in [0, 0.1) is 5.92 Å². The molecule has 0 saturated carbocycles. The van der Waals surface area contributed by atoms with Crippen LogP contribution in [0.1, 0.15) is 18.9 Å². The van der Waals surface area contributed by atoms with Crippen molar-refractivity contribution in [1.29, 1.82) is 0 Å². The molecule has 2 nitrogen and oxygen atoms in total. The van der Waals surface area contributed by atoms with Gasteiger partial charge in [-0.2, -0.15) is 0 Å². The quantitative estimate of drug-likeness (QED) is 0.846. The van der Waals surface area contributed by atoms with Gasteiger partial charge in [-0.1, -0.05) is 37.3 Å². The van der Waals surface area contributed by atoms with Crippen molar-refractivity contribution >= 4 is 0 Å². The van der Waals surface area contributed by atoms with Crippen LogP contribution in [0.5, 0.6) is 11.5 Å². The molecule has 1 atom stereocenters. The highest BCUT2D eigenvalue weighted by atomic mass is 16.5. The SMILES string of the molecule is CC(CN)CCc1ccc(Oc2ccccc2)cc1. The maximum atomic E-state index is 5.76. The summed E-state index contributed by atoms with van der Waals surface area (Å²) in [6.07, 6.45) is 2.21. The predicted molar refractivity (Wildman–Crippen MR) is 79.5 cm³/mol. The third-order valence-electron chi connectivity index (χ3n) is 3.23. The number of hydrogen-bond acceptors (Lipinski definition) is 2. The van der Waals surface area contributed by atoms with Crippen molar-refractivity contribution < 1.29 is 4.74 Å². The Morgan fingerprint density at radius 1 is 0.947 bits per heavy atom. The van der Waals surface area contributed by atoms with Crippen molar-refractivity contribution in [2.24, 2.45) is 11.7 Å². The van der Waals surface area contributed by atoms with E-state index in [1.165, 1.54) is 5.56 Å². The van der Waals surface area contributed by atoms with Crippen LogP contribution in [0.15, 0.2) is 54.6 Å². The average molecular weight is 255 g/mol. The Labute approximate surface area is 115 Å². The molecule has 19 heavy (non-hydrogen) atoms. The third-order valence-corrected chi connectivity index (χ3v) is 3.23. The summed E-state index contributed by atoms with van der Waals surface area (Å²) in [6, 6.07) is 18.1. The van der Waals surface area contributed by atoms with Crippen LogP contribution < -0.4 is 10.5 Å². The highest BCUT2D eigenvalue weighted by Crippen LogP contribution is 2.21. The van der Waals surface area contributed by atoms with Gasteiger partial charge in [0.15, 0.2) is 0 Å². The average Bonchev–Trinajstić information content (AvgIpc) is 2.47. The van der Waals surface area contributed by atoms with Crippen LogP contribution >= 0.6 is 0 Å². The fraction of sp³-hybridized carbons (Fsp3) is 0.294. The Morgan fingerprint density at radius 3 is 2.21 bits per heavy atom. The molecular formula is C17H21NO. The first-order valence-electron chi connectivity index (χ1n) is 6.80. The maximum Gasteiger partial charge on any atom is 0.127 e. The van der Waals surface area contributed by atoms with Gasteiger partial charge < -0.3 is 10.5 Å². The minimum Gasteiger partial charge on any atom is -0.457 e. The predicted octanol–water partition coefficient (Wildman–Crippen LogP) is 4.01. The molecule has 0 spiro atoms. The van der Waals surface area contributed by atoms with Crippen LogP contribution in [0.4, 0.5) is 0 Å². The van der Waals surface area contributed by atoms with E-state index in [2.05, 4.69) is 19.1 Å². The van der Waals surface area contributed by atoms with E-state index in [0.717, 1.165) is 30.9 Å². The van der Waals surface area contributed by atoms with Crippen molar-refractivity contribution in [3.05, 3.63) is 60.2 Å². The lowest BCUT2D eigenvalue weighted by Crippen LogP contribution is -2.11. The van der Waals surface area contributed by atoms with E-state index in [9.17, 15) is 0 Å². The monoisotopic (exact) mass is 255 g/mol. The topological polar surface area (TPSA) is 35.2 Å². The number of nitrogens with two attached hydrogens (primary N) is 1. The highest BCUT2D eigenvalue weighted by Gasteiger charge is 2.01. The van der Waals surface area contributed by atoms with E-state index in [4.69, 9.17) is 10.5 Å². The molecule has 100 valence electrons. The number of para-hydroxylation sites is 1. The van der Waals surface area contributed by atoms with Gasteiger partial charge in [0.05, 0.1) is 0 Å². The maximum absolute atomic E-state index is 5.76. The molecule has 0 heterocycles. The normalized spacial score (nSPS) is 12.1. The summed E-state index contributed by atoms with van der Waals surface area (Å²) < 4.78 is 5.76. The van der Waals surface area contributed by atoms with Gasteiger partial charge in [0, 0.05) is 0 Å². The van der Waals surface area contributed by atoms with E-state index in [1.54, 1.807) is 0 Å². The Balaban J connectivity index is 1.91. The lowest BCUT2D eigenvalue weighted by molar-refractivity contribution is 0.482. The molecule has 2 N–H and O–H groups in total. The molecule has 0 amide bonds. The van der Waals surface area contributed by atoms with Gasteiger partial charge in [0.2, 0.25) is 0 Å². The van der Waals surface area contributed by atoms with E-state index in [-0.39, 0.29) is 0 Å². The molecule has 0 fully saturated rings. The summed E-state index contributed by atoms with van der Waals surface area (Å²) >= 11 is 0. The molecule has 0 aliphatic carbocycles. The first-order chi connectivity index (χ1) is 9.28. The van der Waals surface area contributed by atoms with Crippen LogP contribution in [0.2, 0.25) is 0 Å². The van der Waals surface area contributed by atoms with Crippen molar-refractivity contribution in [2.75, 3.05) is 6.54 Å². The van der Waals surface area contributed by atoms with E-state index in [0.29, 0.717) is 5.92 Å². The summed E-state index contributed by atoms with van der Waals surface area (Å²) in [5, 5.41) is 0. The van der Waals surface area contributed by atoms with Crippen LogP contribution in [-0.2, 0) is 6.42 Å². The molecule has 2 heteroatoms. The van der Waals surface area contributed by atoms with Crippen LogP contribution in [0.3, 0.4) is 0 Å². The zero-order valence-corrected chi connectivity index (χ0v) is 11.4. The molecule has 0 aromatic heterocycles. The van der Waals surface area contributed by atoms with Gasteiger partial charge in [-0.15, -0.1) is 0 Å². The van der Waals surface area contributed by atoms with Crippen molar-refractivity contribution in [3.63, 3.8) is 0 Å². The minimum atomic E-state index is 0.584. The van der Waals surface area contributed by atoms with Crippen molar-refractivity contribution in [2.45, 2.75) is 19.8 Å². The summed E-state index contributed by atoms with van der Waals surface area (Å²) in [7, 11) is 0. The molecule has 0 aliphatic heterocycles. The molecular weight excluding hydrogens is 234 g/mol. The number of ether oxygens (including phenoxy) is 1. The largest absolute Gasteiger partial charge is 0.457 e. The minimum absolute atomic E-state index is 0.584. The number of hydrogen-bond donors (Lipinski definition) is 1. The first-order valence-corrected chi connectivity index (χ1v) is 6.80. The van der Waals surface area contributed by atoms with Gasteiger partial charge in [-0.25, -0.2) is 0 Å². The Kier molecular flexibility index (Phi) is 4.99. The number of rotatable bonds is 6. The molecule has 2 rings (SSSR count). The Hall–Kier alpha value is -1.80. The van der Waals surface area contributed by atoms with Crippen LogP contribution in [0.25, 0.3) is 0 Å². The molecule has 2 aromatic rings. The Bertz CT molecular complexity index is 478. The van der Waals surface area contributed by atoms with Gasteiger partial charge in [-0.05, 0) is 55.1 Å². The fourth-order valence-corrected chi connectivity index (χ4v) is 1.88. The Morgan fingerprint density at radius 2 is 1.58 bits per heavy atom. The number of aryl methyl sites for hydroxylation is 1. The standard InChI is InChI=1S/C17H21NO/c1-14(13-18)7-8-15-9-11-17(12-10-15)19-16-5-3-2-4-6-16/h2-6,9-12,14H,7-8,13,18H2,1H3. The molecule has 0 aliphatic rings. The van der Waals surface area contributed by atoms with E-state index in [1.807, 2.05) is 42.5 Å².